The molecule has 2 heterocycles. The number of furan rings is 1. The van der Waals surface area contributed by atoms with Gasteiger partial charge in [0.2, 0.25) is 5.82 Å². The van der Waals surface area contributed by atoms with Crippen LogP contribution in [-0.2, 0) is 0 Å². The lowest BCUT2D eigenvalue weighted by Crippen LogP contribution is -2.13. The number of benzene rings is 1. The van der Waals surface area contributed by atoms with Crippen LogP contribution in [0, 0.1) is 6.92 Å². The van der Waals surface area contributed by atoms with Gasteiger partial charge >= 0.3 is 0 Å². The van der Waals surface area contributed by atoms with Crippen LogP contribution in [0.3, 0.4) is 0 Å². The van der Waals surface area contributed by atoms with Crippen molar-refractivity contribution in [2.75, 3.05) is 0 Å². The van der Waals surface area contributed by atoms with Crippen LogP contribution < -0.4 is 5.73 Å². The zero-order chi connectivity index (χ0) is 13.2. The van der Waals surface area contributed by atoms with Crippen molar-refractivity contribution in [2.45, 2.75) is 13.0 Å². The van der Waals surface area contributed by atoms with E-state index >= 15 is 0 Å². The first-order chi connectivity index (χ1) is 9.24. The number of nitrogens with one attached hydrogen (secondary N) is 1. The molecular formula is C14H14N4O. The third-order valence-corrected chi connectivity index (χ3v) is 2.98. The maximum absolute atomic E-state index is 6.17. The Bertz CT molecular complexity index is 655. The van der Waals surface area contributed by atoms with Gasteiger partial charge in [0.1, 0.15) is 5.82 Å². The van der Waals surface area contributed by atoms with E-state index in [9.17, 15) is 0 Å². The quantitative estimate of drug-likeness (QED) is 0.752. The Morgan fingerprint density at radius 3 is 2.68 bits per heavy atom. The zero-order valence-corrected chi connectivity index (χ0v) is 10.5. The van der Waals surface area contributed by atoms with Crippen molar-refractivity contribution in [1.82, 2.24) is 15.2 Å². The highest BCUT2D eigenvalue weighted by atomic mass is 16.3. The summed E-state index contributed by atoms with van der Waals surface area (Å²) in [4.78, 5) is 4.37. The van der Waals surface area contributed by atoms with E-state index < -0.39 is 0 Å². The third-order valence-electron chi connectivity index (χ3n) is 2.98. The molecule has 0 saturated carbocycles. The smallest absolute Gasteiger partial charge is 0.216 e. The number of aromatic nitrogens is 3. The summed E-state index contributed by atoms with van der Waals surface area (Å²) in [6.45, 7) is 2.04. The van der Waals surface area contributed by atoms with Crippen molar-refractivity contribution < 1.29 is 4.42 Å². The average molecular weight is 254 g/mol. The maximum atomic E-state index is 6.17. The molecule has 0 aliphatic carbocycles. The molecule has 2 aromatic heterocycles. The molecule has 0 amide bonds. The lowest BCUT2D eigenvalue weighted by Gasteiger charge is -2.08. The Labute approximate surface area is 110 Å². The molecule has 0 aliphatic heterocycles. The molecule has 5 nitrogen and oxygen atoms in total. The van der Waals surface area contributed by atoms with Crippen LogP contribution in [0.1, 0.15) is 23.0 Å². The molecule has 3 rings (SSSR count). The van der Waals surface area contributed by atoms with Gasteiger partial charge in [-0.2, -0.15) is 0 Å². The number of H-pyrrole nitrogens is 1. The van der Waals surface area contributed by atoms with Gasteiger partial charge in [-0.15, -0.1) is 5.10 Å². The van der Waals surface area contributed by atoms with Gasteiger partial charge in [0.05, 0.1) is 12.3 Å². The van der Waals surface area contributed by atoms with Crippen LogP contribution in [0.4, 0.5) is 0 Å². The summed E-state index contributed by atoms with van der Waals surface area (Å²) in [6.07, 6.45) is 1.59. The van der Waals surface area contributed by atoms with E-state index in [2.05, 4.69) is 15.2 Å². The SMILES string of the molecule is Cc1ccc([C@H](N)c2nc(-c3ccco3)n[nH]2)cc1. The van der Waals surface area contributed by atoms with Gasteiger partial charge in [-0.3, -0.25) is 5.10 Å². The van der Waals surface area contributed by atoms with E-state index in [0.29, 0.717) is 17.4 Å². The van der Waals surface area contributed by atoms with Crippen LogP contribution in [0.25, 0.3) is 11.6 Å². The normalized spacial score (nSPS) is 12.5. The van der Waals surface area contributed by atoms with Gasteiger partial charge in [0.25, 0.3) is 0 Å². The molecule has 19 heavy (non-hydrogen) atoms. The molecule has 1 atom stereocenters. The summed E-state index contributed by atoms with van der Waals surface area (Å²) in [5.41, 5.74) is 8.36. The standard InChI is InChI=1S/C14H14N4O/c1-9-4-6-10(7-5-9)12(15)14-16-13(17-18-14)11-3-2-8-19-11/h2-8,12H,15H2,1H3,(H,16,17,18)/t12-/m0/s1. The lowest BCUT2D eigenvalue weighted by molar-refractivity contribution is 0.577. The first kappa shape index (κ1) is 11.7. The van der Waals surface area contributed by atoms with Crippen molar-refractivity contribution >= 4 is 0 Å². The summed E-state index contributed by atoms with van der Waals surface area (Å²) in [7, 11) is 0. The number of hydrogen-bond donors (Lipinski definition) is 2. The Hall–Kier alpha value is -2.40. The maximum Gasteiger partial charge on any atom is 0.216 e. The van der Waals surface area contributed by atoms with E-state index in [0.717, 1.165) is 5.56 Å². The minimum absolute atomic E-state index is 0.322. The number of aryl methyl sites for hydroxylation is 1. The van der Waals surface area contributed by atoms with Crippen molar-refractivity contribution in [3.8, 4) is 11.6 Å². The largest absolute Gasteiger partial charge is 0.461 e. The van der Waals surface area contributed by atoms with Crippen molar-refractivity contribution in [3.63, 3.8) is 0 Å². The van der Waals surface area contributed by atoms with Gasteiger partial charge in [0, 0.05) is 0 Å². The Morgan fingerprint density at radius 2 is 2.00 bits per heavy atom. The highest BCUT2D eigenvalue weighted by Gasteiger charge is 2.15. The molecule has 3 N–H and O–H groups in total. The second-order valence-electron chi connectivity index (χ2n) is 4.41. The molecule has 0 spiro atoms. The summed E-state index contributed by atoms with van der Waals surface area (Å²) >= 11 is 0. The molecule has 5 heteroatoms. The monoisotopic (exact) mass is 254 g/mol. The highest BCUT2D eigenvalue weighted by Crippen LogP contribution is 2.20. The first-order valence-electron chi connectivity index (χ1n) is 6.02. The predicted molar refractivity (Wildman–Crippen MR) is 71.3 cm³/mol. The van der Waals surface area contributed by atoms with Gasteiger partial charge in [-0.05, 0) is 24.6 Å². The lowest BCUT2D eigenvalue weighted by atomic mass is 10.1. The summed E-state index contributed by atoms with van der Waals surface area (Å²) < 4.78 is 5.25. The molecule has 0 unspecified atom stereocenters. The van der Waals surface area contributed by atoms with Gasteiger partial charge in [-0.1, -0.05) is 29.8 Å². The Balaban J connectivity index is 1.88. The number of nitrogens with two attached hydrogens (primary N) is 1. The predicted octanol–water partition coefficient (Wildman–Crippen LogP) is 2.42. The number of nitrogens with zero attached hydrogens (tertiary/aromatic N) is 2. The molecule has 0 fully saturated rings. The fourth-order valence-corrected chi connectivity index (χ4v) is 1.86. The molecule has 1 aromatic carbocycles. The minimum atomic E-state index is -0.322. The summed E-state index contributed by atoms with van der Waals surface area (Å²) in [5, 5.41) is 6.97. The highest BCUT2D eigenvalue weighted by molar-refractivity contribution is 5.45. The average Bonchev–Trinajstić information content (AvgIpc) is 3.10. The zero-order valence-electron chi connectivity index (χ0n) is 10.5. The Morgan fingerprint density at radius 1 is 1.21 bits per heavy atom. The first-order valence-corrected chi connectivity index (χ1v) is 6.02. The minimum Gasteiger partial charge on any atom is -0.461 e. The van der Waals surface area contributed by atoms with Crippen LogP contribution in [0.15, 0.2) is 47.1 Å². The number of rotatable bonds is 3. The topological polar surface area (TPSA) is 80.7 Å². The number of aromatic amines is 1. The summed E-state index contributed by atoms with van der Waals surface area (Å²) in [5.74, 6) is 1.76. The van der Waals surface area contributed by atoms with Crippen LogP contribution in [0.5, 0.6) is 0 Å². The van der Waals surface area contributed by atoms with Crippen molar-refractivity contribution in [2.24, 2.45) is 5.73 Å². The second kappa shape index (κ2) is 4.70. The third kappa shape index (κ3) is 2.28. The fraction of sp³-hybridized carbons (Fsp3) is 0.143. The fourth-order valence-electron chi connectivity index (χ4n) is 1.86. The van der Waals surface area contributed by atoms with Gasteiger partial charge in [-0.25, -0.2) is 4.98 Å². The van der Waals surface area contributed by atoms with Gasteiger partial charge < -0.3 is 10.2 Å². The van der Waals surface area contributed by atoms with Crippen LogP contribution in [-0.4, -0.2) is 15.2 Å². The summed E-state index contributed by atoms with van der Waals surface area (Å²) in [6, 6.07) is 11.3. The molecule has 0 radical (unpaired) electrons. The Kier molecular flexibility index (Phi) is 2.89. The van der Waals surface area contributed by atoms with E-state index in [1.165, 1.54) is 5.56 Å². The number of hydrogen-bond acceptors (Lipinski definition) is 4. The van der Waals surface area contributed by atoms with Crippen LogP contribution >= 0.6 is 0 Å². The van der Waals surface area contributed by atoms with Gasteiger partial charge in [0.15, 0.2) is 5.76 Å². The van der Waals surface area contributed by atoms with E-state index in [4.69, 9.17) is 10.2 Å². The molecule has 0 bridgehead atoms. The molecule has 0 saturated heterocycles. The second-order valence-corrected chi connectivity index (χ2v) is 4.41. The van der Waals surface area contributed by atoms with Crippen molar-refractivity contribution in [3.05, 3.63) is 59.6 Å². The molecule has 3 aromatic rings. The van der Waals surface area contributed by atoms with Crippen molar-refractivity contribution in [1.29, 1.82) is 0 Å². The van der Waals surface area contributed by atoms with Crippen LogP contribution in [0.2, 0.25) is 0 Å². The molecular weight excluding hydrogens is 240 g/mol. The van der Waals surface area contributed by atoms with E-state index in [1.54, 1.807) is 12.3 Å². The van der Waals surface area contributed by atoms with E-state index in [1.807, 2.05) is 37.3 Å². The molecule has 96 valence electrons. The van der Waals surface area contributed by atoms with E-state index in [-0.39, 0.29) is 6.04 Å². The molecule has 0 aliphatic rings.